The molecule has 0 spiro atoms. The van der Waals surface area contributed by atoms with Crippen molar-refractivity contribution in [2.45, 2.75) is 13.0 Å². The van der Waals surface area contributed by atoms with Gasteiger partial charge in [0.25, 0.3) is 11.8 Å². The second-order valence-corrected chi connectivity index (χ2v) is 6.97. The number of rotatable bonds is 6. The van der Waals surface area contributed by atoms with Crippen molar-refractivity contribution in [2.75, 3.05) is 10.6 Å². The average Bonchev–Trinajstić information content (AvgIpc) is 3.25. The Morgan fingerprint density at radius 1 is 0.931 bits per heavy atom. The zero-order chi connectivity index (χ0) is 20.8. The summed E-state index contributed by atoms with van der Waals surface area (Å²) in [4.78, 5) is 36.4. The minimum atomic E-state index is -0.982. The highest BCUT2D eigenvalue weighted by Crippen LogP contribution is 2.16. The highest BCUT2D eigenvalue weighted by atomic mass is 79.9. The van der Waals surface area contributed by atoms with Gasteiger partial charge >= 0.3 is 5.97 Å². The third-order valence-corrected chi connectivity index (χ3v) is 4.42. The summed E-state index contributed by atoms with van der Waals surface area (Å²) in [5.41, 5.74) is 1.34. The van der Waals surface area contributed by atoms with E-state index in [9.17, 15) is 14.4 Å². The van der Waals surface area contributed by atoms with Crippen LogP contribution in [0, 0.1) is 0 Å². The maximum absolute atomic E-state index is 12.3. The molecule has 0 aliphatic rings. The lowest BCUT2D eigenvalue weighted by atomic mass is 10.2. The van der Waals surface area contributed by atoms with E-state index in [1.54, 1.807) is 48.5 Å². The van der Waals surface area contributed by atoms with E-state index in [-0.39, 0.29) is 11.3 Å². The number of amides is 2. The van der Waals surface area contributed by atoms with Crippen LogP contribution < -0.4 is 10.6 Å². The van der Waals surface area contributed by atoms with E-state index >= 15 is 0 Å². The summed E-state index contributed by atoms with van der Waals surface area (Å²) in [5, 5.41) is 5.32. The number of ether oxygens (including phenoxy) is 1. The summed E-state index contributed by atoms with van der Waals surface area (Å²) >= 11 is 3.32. The molecule has 3 aromatic rings. The Hall–Kier alpha value is -3.39. The average molecular weight is 457 g/mol. The van der Waals surface area contributed by atoms with Gasteiger partial charge in [-0.15, -0.1) is 0 Å². The Kier molecular flexibility index (Phi) is 6.46. The van der Waals surface area contributed by atoms with Crippen molar-refractivity contribution in [1.82, 2.24) is 0 Å². The van der Waals surface area contributed by atoms with Crippen molar-refractivity contribution in [2.24, 2.45) is 0 Å². The fraction of sp³-hybridized carbons (Fsp3) is 0.0952. The van der Waals surface area contributed by atoms with Crippen molar-refractivity contribution >= 4 is 45.1 Å². The van der Waals surface area contributed by atoms with Crippen LogP contribution >= 0.6 is 15.9 Å². The minimum Gasteiger partial charge on any atom is -0.459 e. The van der Waals surface area contributed by atoms with Crippen LogP contribution in [0.1, 0.15) is 27.8 Å². The highest BCUT2D eigenvalue weighted by molar-refractivity contribution is 9.10. The van der Waals surface area contributed by atoms with Crippen molar-refractivity contribution in [3.8, 4) is 0 Å². The molecule has 1 atom stereocenters. The molecule has 2 N–H and O–H groups in total. The lowest BCUT2D eigenvalue weighted by Gasteiger charge is -2.14. The molecule has 0 radical (unpaired) electrons. The Morgan fingerprint density at radius 2 is 1.55 bits per heavy atom. The van der Waals surface area contributed by atoms with Gasteiger partial charge in [-0.05, 0) is 67.6 Å². The fourth-order valence-corrected chi connectivity index (χ4v) is 2.61. The molecule has 0 aliphatic carbocycles. The standard InChI is InChI=1S/C21H17BrN2O5/c1-13(19(25)23-17-10-6-15(22)7-11-17)29-21(27)14-4-8-16(9-5-14)24-20(26)18-3-2-12-28-18/h2-13H,1H3,(H,23,25)(H,24,26). The normalized spacial score (nSPS) is 11.4. The Labute approximate surface area is 175 Å². The molecule has 1 unspecified atom stereocenters. The lowest BCUT2D eigenvalue weighted by Crippen LogP contribution is -2.30. The number of halogens is 1. The van der Waals surface area contributed by atoms with Gasteiger partial charge in [-0.2, -0.15) is 0 Å². The van der Waals surface area contributed by atoms with Crippen LogP contribution in [0.2, 0.25) is 0 Å². The molecule has 2 aromatic carbocycles. The molecule has 1 heterocycles. The van der Waals surface area contributed by atoms with Gasteiger partial charge < -0.3 is 19.8 Å². The molecule has 0 fully saturated rings. The predicted molar refractivity (Wildman–Crippen MR) is 111 cm³/mol. The zero-order valence-corrected chi connectivity index (χ0v) is 16.9. The number of furan rings is 1. The van der Waals surface area contributed by atoms with E-state index in [0.29, 0.717) is 11.4 Å². The van der Waals surface area contributed by atoms with Gasteiger partial charge in [0.1, 0.15) is 0 Å². The molecule has 3 rings (SSSR count). The lowest BCUT2D eigenvalue weighted by molar-refractivity contribution is -0.123. The van der Waals surface area contributed by atoms with Gasteiger partial charge in [0.2, 0.25) is 0 Å². The Morgan fingerprint density at radius 3 is 2.17 bits per heavy atom. The SMILES string of the molecule is CC(OC(=O)c1ccc(NC(=O)c2ccco2)cc1)C(=O)Nc1ccc(Br)cc1. The molecule has 7 nitrogen and oxygen atoms in total. The minimum absolute atomic E-state index is 0.180. The van der Waals surface area contributed by atoms with Crippen molar-refractivity contribution in [3.63, 3.8) is 0 Å². The monoisotopic (exact) mass is 456 g/mol. The van der Waals surface area contributed by atoms with Crippen LogP contribution in [0.3, 0.4) is 0 Å². The number of hydrogen-bond acceptors (Lipinski definition) is 5. The van der Waals surface area contributed by atoms with Crippen LogP contribution in [-0.4, -0.2) is 23.9 Å². The molecule has 0 saturated carbocycles. The maximum Gasteiger partial charge on any atom is 0.338 e. The first-order valence-electron chi connectivity index (χ1n) is 8.65. The molecule has 29 heavy (non-hydrogen) atoms. The summed E-state index contributed by atoms with van der Waals surface area (Å²) in [6.45, 7) is 1.49. The van der Waals surface area contributed by atoms with E-state index in [1.807, 2.05) is 0 Å². The number of esters is 1. The Balaban J connectivity index is 1.54. The van der Waals surface area contributed by atoms with Crippen molar-refractivity contribution in [1.29, 1.82) is 0 Å². The molecule has 148 valence electrons. The third kappa shape index (κ3) is 5.55. The van der Waals surface area contributed by atoms with Gasteiger partial charge in [-0.25, -0.2) is 4.79 Å². The van der Waals surface area contributed by atoms with E-state index < -0.39 is 23.9 Å². The van der Waals surface area contributed by atoms with Crippen LogP contribution in [0.5, 0.6) is 0 Å². The summed E-state index contributed by atoms with van der Waals surface area (Å²) < 4.78 is 11.1. The zero-order valence-electron chi connectivity index (χ0n) is 15.3. The number of hydrogen-bond donors (Lipinski definition) is 2. The molecule has 0 saturated heterocycles. The first kappa shape index (κ1) is 20.3. The molecule has 8 heteroatoms. The van der Waals surface area contributed by atoms with Crippen LogP contribution in [0.15, 0.2) is 75.8 Å². The van der Waals surface area contributed by atoms with E-state index in [4.69, 9.17) is 9.15 Å². The smallest absolute Gasteiger partial charge is 0.338 e. The topological polar surface area (TPSA) is 97.6 Å². The first-order valence-corrected chi connectivity index (χ1v) is 9.44. The van der Waals surface area contributed by atoms with E-state index in [0.717, 1.165) is 4.47 Å². The van der Waals surface area contributed by atoms with Crippen molar-refractivity contribution < 1.29 is 23.5 Å². The van der Waals surface area contributed by atoms with Gasteiger partial charge in [-0.1, -0.05) is 15.9 Å². The van der Waals surface area contributed by atoms with Crippen LogP contribution in [-0.2, 0) is 9.53 Å². The van der Waals surface area contributed by atoms with Crippen LogP contribution in [0.25, 0.3) is 0 Å². The first-order chi connectivity index (χ1) is 13.9. The van der Waals surface area contributed by atoms with E-state index in [1.165, 1.54) is 25.3 Å². The highest BCUT2D eigenvalue weighted by Gasteiger charge is 2.19. The largest absolute Gasteiger partial charge is 0.459 e. The fourth-order valence-electron chi connectivity index (χ4n) is 2.35. The maximum atomic E-state index is 12.3. The van der Waals surface area contributed by atoms with Gasteiger partial charge in [0.15, 0.2) is 11.9 Å². The molecular formula is C21H17BrN2O5. The second kappa shape index (κ2) is 9.20. The van der Waals surface area contributed by atoms with Gasteiger partial charge in [-0.3, -0.25) is 9.59 Å². The van der Waals surface area contributed by atoms with Gasteiger partial charge in [0.05, 0.1) is 11.8 Å². The number of benzene rings is 2. The summed E-state index contributed by atoms with van der Waals surface area (Å²) in [5.74, 6) is -1.31. The number of carbonyl (C=O) groups is 3. The summed E-state index contributed by atoms with van der Waals surface area (Å²) in [6.07, 6.45) is 0.423. The molecule has 2 amide bonds. The van der Waals surface area contributed by atoms with Crippen molar-refractivity contribution in [3.05, 3.63) is 82.7 Å². The number of nitrogens with one attached hydrogen (secondary N) is 2. The molecule has 1 aromatic heterocycles. The summed E-state index contributed by atoms with van der Waals surface area (Å²) in [6, 6.07) is 16.3. The number of anilines is 2. The predicted octanol–water partition coefficient (Wildman–Crippen LogP) is 4.48. The van der Waals surface area contributed by atoms with Gasteiger partial charge in [0, 0.05) is 15.8 Å². The van der Waals surface area contributed by atoms with E-state index in [2.05, 4.69) is 26.6 Å². The number of carbonyl (C=O) groups excluding carboxylic acids is 3. The second-order valence-electron chi connectivity index (χ2n) is 6.05. The Bertz CT molecular complexity index is 999. The molecular weight excluding hydrogens is 440 g/mol. The van der Waals surface area contributed by atoms with Crippen LogP contribution in [0.4, 0.5) is 11.4 Å². The summed E-state index contributed by atoms with van der Waals surface area (Å²) in [7, 11) is 0. The third-order valence-electron chi connectivity index (χ3n) is 3.89. The quantitative estimate of drug-likeness (QED) is 0.532. The molecule has 0 bridgehead atoms. The molecule has 0 aliphatic heterocycles.